The van der Waals surface area contributed by atoms with Gasteiger partial charge in [0, 0.05) is 12.6 Å². The Hall–Kier alpha value is -3.47. The molecule has 0 saturated carbocycles. The maximum absolute atomic E-state index is 11.9. The number of carbonyl (C=O) groups is 1. The molecule has 0 atom stereocenters. The quantitative estimate of drug-likeness (QED) is 0.307. The molecule has 0 radical (unpaired) electrons. The van der Waals surface area contributed by atoms with Crippen LogP contribution < -0.4 is 0 Å². The number of hydrogen-bond donors (Lipinski definition) is 1. The molecule has 0 aliphatic heterocycles. The van der Waals surface area contributed by atoms with Crippen molar-refractivity contribution < 1.29 is 14.7 Å². The first-order chi connectivity index (χ1) is 13.2. The Morgan fingerprint density at radius 3 is 2.41 bits per heavy atom. The zero-order valence-corrected chi connectivity index (χ0v) is 15.0. The minimum absolute atomic E-state index is 0.297. The minimum atomic E-state index is -0.425. The third-order valence-corrected chi connectivity index (χ3v) is 4.12. The number of esters is 1. The van der Waals surface area contributed by atoms with Gasteiger partial charge in [0.2, 0.25) is 0 Å². The molecule has 0 fully saturated rings. The van der Waals surface area contributed by atoms with Crippen molar-refractivity contribution in [3.8, 4) is 11.1 Å². The molecule has 0 spiro atoms. The van der Waals surface area contributed by atoms with Gasteiger partial charge in [-0.05, 0) is 35.7 Å². The van der Waals surface area contributed by atoms with Crippen LogP contribution in [0.3, 0.4) is 0 Å². The highest BCUT2D eigenvalue weighted by Gasteiger charge is 2.12. The molecule has 136 valence electrons. The Bertz CT molecular complexity index is 935. The molecule has 1 N–H and O–H groups in total. The van der Waals surface area contributed by atoms with E-state index in [0.717, 1.165) is 16.7 Å². The van der Waals surface area contributed by atoms with Crippen LogP contribution in [-0.4, -0.2) is 28.5 Å². The van der Waals surface area contributed by atoms with Crippen LogP contribution in [0.2, 0.25) is 0 Å². The van der Waals surface area contributed by atoms with Crippen LogP contribution in [0.4, 0.5) is 0 Å². The van der Waals surface area contributed by atoms with E-state index in [-0.39, 0.29) is 0 Å². The molecule has 0 aliphatic carbocycles. The molecular formula is C22H20N2O3. The molecule has 3 aromatic rings. The van der Waals surface area contributed by atoms with Crippen molar-refractivity contribution >= 4 is 11.7 Å². The van der Waals surface area contributed by atoms with Crippen molar-refractivity contribution in [1.29, 1.82) is 0 Å². The van der Waals surface area contributed by atoms with Gasteiger partial charge in [0.15, 0.2) is 0 Å². The lowest BCUT2D eigenvalue weighted by atomic mass is 10.0. The number of nitrogens with zero attached hydrogens (tertiary/aromatic N) is 2. The van der Waals surface area contributed by atoms with E-state index in [1.807, 2.05) is 42.5 Å². The molecule has 5 heteroatoms. The molecule has 1 heterocycles. The number of rotatable bonds is 6. The van der Waals surface area contributed by atoms with Crippen molar-refractivity contribution in [3.63, 3.8) is 0 Å². The predicted octanol–water partition coefficient (Wildman–Crippen LogP) is 4.35. The third-order valence-electron chi connectivity index (χ3n) is 4.12. The fourth-order valence-electron chi connectivity index (χ4n) is 2.75. The molecule has 0 unspecified atom stereocenters. The van der Waals surface area contributed by atoms with E-state index in [4.69, 9.17) is 4.74 Å². The highest BCUT2D eigenvalue weighted by Crippen LogP contribution is 2.20. The van der Waals surface area contributed by atoms with E-state index in [0.29, 0.717) is 30.0 Å². The average molecular weight is 360 g/mol. The van der Waals surface area contributed by atoms with Crippen LogP contribution in [0.5, 0.6) is 0 Å². The number of carbonyl (C=O) groups excluding carboxylic acids is 1. The number of ether oxygens (including phenoxy) is 1. The molecule has 1 aromatic heterocycles. The topological polar surface area (TPSA) is 71.8 Å². The fraction of sp³-hybridized carbons (Fsp3) is 0.136. The zero-order chi connectivity index (χ0) is 19.1. The van der Waals surface area contributed by atoms with Crippen molar-refractivity contribution in [2.75, 3.05) is 6.61 Å². The van der Waals surface area contributed by atoms with Crippen molar-refractivity contribution in [1.82, 2.24) is 4.98 Å². The van der Waals surface area contributed by atoms with E-state index in [1.165, 1.54) is 6.20 Å². The smallest absolute Gasteiger partial charge is 0.338 e. The van der Waals surface area contributed by atoms with Gasteiger partial charge in [-0.15, -0.1) is 0 Å². The van der Waals surface area contributed by atoms with Gasteiger partial charge >= 0.3 is 5.97 Å². The third kappa shape index (κ3) is 4.58. The summed E-state index contributed by atoms with van der Waals surface area (Å²) in [5.41, 5.74) is 4.44. The summed E-state index contributed by atoms with van der Waals surface area (Å²) in [7, 11) is 0. The molecular weight excluding hydrogens is 340 g/mol. The Balaban J connectivity index is 1.78. The summed E-state index contributed by atoms with van der Waals surface area (Å²) in [4.78, 5) is 16.1. The minimum Gasteiger partial charge on any atom is -0.462 e. The van der Waals surface area contributed by atoms with Gasteiger partial charge in [-0.25, -0.2) is 4.79 Å². The van der Waals surface area contributed by atoms with Gasteiger partial charge in [0.25, 0.3) is 0 Å². The number of oxime groups is 1. The second-order valence-corrected chi connectivity index (χ2v) is 5.94. The maximum Gasteiger partial charge on any atom is 0.338 e. The summed E-state index contributed by atoms with van der Waals surface area (Å²) in [6.45, 7) is 2.05. The summed E-state index contributed by atoms with van der Waals surface area (Å²) in [6, 6.07) is 21.3. The van der Waals surface area contributed by atoms with Gasteiger partial charge in [0.1, 0.15) is 5.71 Å². The molecule has 0 amide bonds. The van der Waals surface area contributed by atoms with Gasteiger partial charge in [-0.3, -0.25) is 4.98 Å². The molecule has 5 nitrogen and oxygen atoms in total. The van der Waals surface area contributed by atoms with Crippen LogP contribution in [0, 0.1) is 0 Å². The number of hydrogen-bond acceptors (Lipinski definition) is 5. The van der Waals surface area contributed by atoms with Crippen molar-refractivity contribution in [2.45, 2.75) is 13.3 Å². The van der Waals surface area contributed by atoms with E-state index in [1.54, 1.807) is 19.1 Å². The number of benzene rings is 2. The predicted molar refractivity (Wildman–Crippen MR) is 104 cm³/mol. The van der Waals surface area contributed by atoms with E-state index in [2.05, 4.69) is 22.3 Å². The van der Waals surface area contributed by atoms with Gasteiger partial charge < -0.3 is 9.94 Å². The lowest BCUT2D eigenvalue weighted by Gasteiger charge is -2.08. The average Bonchev–Trinajstić information content (AvgIpc) is 2.73. The maximum atomic E-state index is 11.9. The molecule has 0 bridgehead atoms. The van der Waals surface area contributed by atoms with Crippen LogP contribution in [0.15, 0.2) is 78.1 Å². The van der Waals surface area contributed by atoms with Crippen LogP contribution in [-0.2, 0) is 11.2 Å². The van der Waals surface area contributed by atoms with Crippen molar-refractivity contribution in [2.24, 2.45) is 5.16 Å². The highest BCUT2D eigenvalue weighted by molar-refractivity contribution is 6.01. The lowest BCUT2D eigenvalue weighted by Crippen LogP contribution is -2.11. The monoisotopic (exact) mass is 360 g/mol. The Morgan fingerprint density at radius 1 is 1.04 bits per heavy atom. The van der Waals surface area contributed by atoms with Gasteiger partial charge in [0.05, 0.1) is 17.9 Å². The fourth-order valence-corrected chi connectivity index (χ4v) is 2.75. The SMILES string of the molecule is CCOC(=O)c1ccnc(/C(Cc2ccc(-c3ccccc3)cc2)=N/O)c1. The molecule has 27 heavy (non-hydrogen) atoms. The van der Waals surface area contributed by atoms with Gasteiger partial charge in [-0.1, -0.05) is 59.8 Å². The summed E-state index contributed by atoms with van der Waals surface area (Å²) in [6.07, 6.45) is 1.90. The highest BCUT2D eigenvalue weighted by atomic mass is 16.5. The van der Waals surface area contributed by atoms with E-state index in [9.17, 15) is 10.0 Å². The molecule has 0 saturated heterocycles. The normalized spacial score (nSPS) is 11.2. The van der Waals surface area contributed by atoms with E-state index < -0.39 is 5.97 Å². The standard InChI is InChI=1S/C22H20N2O3/c1-2-27-22(25)19-12-13-23-20(15-19)21(24-26)14-16-8-10-18(11-9-16)17-6-4-3-5-7-17/h3-13,15,26H,2,14H2,1H3/b24-21+. The number of pyridine rings is 1. The zero-order valence-electron chi connectivity index (χ0n) is 15.0. The van der Waals surface area contributed by atoms with Crippen LogP contribution in [0.1, 0.15) is 28.5 Å². The largest absolute Gasteiger partial charge is 0.462 e. The Kier molecular flexibility index (Phi) is 5.94. The molecule has 2 aromatic carbocycles. The number of aromatic nitrogens is 1. The van der Waals surface area contributed by atoms with Crippen molar-refractivity contribution in [3.05, 3.63) is 89.7 Å². The Labute approximate surface area is 158 Å². The van der Waals surface area contributed by atoms with Gasteiger partial charge in [-0.2, -0.15) is 0 Å². The summed E-state index contributed by atoms with van der Waals surface area (Å²) in [5.74, 6) is -0.425. The second-order valence-electron chi connectivity index (χ2n) is 5.94. The summed E-state index contributed by atoms with van der Waals surface area (Å²) in [5, 5.41) is 12.8. The lowest BCUT2D eigenvalue weighted by molar-refractivity contribution is 0.0526. The first-order valence-electron chi connectivity index (χ1n) is 8.70. The van der Waals surface area contributed by atoms with Crippen LogP contribution >= 0.6 is 0 Å². The molecule has 3 rings (SSSR count). The summed E-state index contributed by atoms with van der Waals surface area (Å²) >= 11 is 0. The second kappa shape index (κ2) is 8.76. The van der Waals surface area contributed by atoms with Crippen LogP contribution in [0.25, 0.3) is 11.1 Å². The van der Waals surface area contributed by atoms with E-state index >= 15 is 0 Å². The first-order valence-corrected chi connectivity index (χ1v) is 8.70. The summed E-state index contributed by atoms with van der Waals surface area (Å²) < 4.78 is 5.00. The first kappa shape index (κ1) is 18.3. The Morgan fingerprint density at radius 2 is 1.74 bits per heavy atom. The molecule has 0 aliphatic rings.